The molecule has 0 unspecified atom stereocenters. The maximum atomic E-state index is 10.9. The Hall–Kier alpha value is -1.84. The van der Waals surface area contributed by atoms with E-state index in [9.17, 15) is 9.59 Å². The standard InChI is InChI=1S/C11H12O4/c1-15-10-5-3-2-4-8(10)6-7-9(12)11(13)14/h2-5H,6-7H2,1H3,(H,13,14). The van der Waals surface area contributed by atoms with E-state index in [1.165, 1.54) is 7.11 Å². The molecular formula is C11H12O4. The summed E-state index contributed by atoms with van der Waals surface area (Å²) in [5, 5.41) is 8.41. The Morgan fingerprint density at radius 2 is 2.00 bits per heavy atom. The molecule has 0 saturated carbocycles. The fourth-order valence-electron chi connectivity index (χ4n) is 1.26. The van der Waals surface area contributed by atoms with Crippen LogP contribution in [-0.2, 0) is 16.0 Å². The smallest absolute Gasteiger partial charge is 0.372 e. The molecule has 0 fully saturated rings. The SMILES string of the molecule is COc1ccccc1CCC(=O)C(=O)O. The summed E-state index contributed by atoms with van der Waals surface area (Å²) in [7, 11) is 1.54. The van der Waals surface area contributed by atoms with Crippen LogP contribution in [0.4, 0.5) is 0 Å². The maximum Gasteiger partial charge on any atom is 0.372 e. The molecule has 0 bridgehead atoms. The lowest BCUT2D eigenvalue weighted by Gasteiger charge is -2.06. The van der Waals surface area contributed by atoms with Gasteiger partial charge in [-0.3, -0.25) is 4.79 Å². The van der Waals surface area contributed by atoms with Crippen molar-refractivity contribution in [2.75, 3.05) is 7.11 Å². The number of hydrogen-bond donors (Lipinski definition) is 1. The van der Waals surface area contributed by atoms with E-state index in [2.05, 4.69) is 0 Å². The van der Waals surface area contributed by atoms with Crippen LogP contribution >= 0.6 is 0 Å². The third-order valence-electron chi connectivity index (χ3n) is 2.05. The summed E-state index contributed by atoms with van der Waals surface area (Å²) < 4.78 is 5.08. The predicted molar refractivity (Wildman–Crippen MR) is 54.0 cm³/mol. The highest BCUT2D eigenvalue weighted by Crippen LogP contribution is 2.18. The lowest BCUT2D eigenvalue weighted by molar-refractivity contribution is -0.149. The molecule has 0 aliphatic rings. The van der Waals surface area contributed by atoms with Crippen LogP contribution in [0.5, 0.6) is 5.75 Å². The van der Waals surface area contributed by atoms with Crippen LogP contribution in [0.1, 0.15) is 12.0 Å². The molecule has 0 radical (unpaired) electrons. The fourth-order valence-corrected chi connectivity index (χ4v) is 1.26. The Balaban J connectivity index is 2.65. The second-order valence-electron chi connectivity index (χ2n) is 3.04. The predicted octanol–water partition coefficient (Wildman–Crippen LogP) is 1.28. The van der Waals surface area contributed by atoms with Gasteiger partial charge in [0.2, 0.25) is 5.78 Å². The van der Waals surface area contributed by atoms with Crippen molar-refractivity contribution in [1.82, 2.24) is 0 Å². The molecule has 1 aromatic carbocycles. The molecule has 0 spiro atoms. The Kier molecular flexibility index (Phi) is 3.85. The minimum atomic E-state index is -1.38. The second-order valence-corrected chi connectivity index (χ2v) is 3.04. The minimum absolute atomic E-state index is 0.00426. The van der Waals surface area contributed by atoms with E-state index in [-0.39, 0.29) is 6.42 Å². The highest BCUT2D eigenvalue weighted by Gasteiger charge is 2.12. The summed E-state index contributed by atoms with van der Waals surface area (Å²) in [4.78, 5) is 21.2. The molecule has 4 nitrogen and oxygen atoms in total. The zero-order valence-electron chi connectivity index (χ0n) is 8.40. The van der Waals surface area contributed by atoms with Gasteiger partial charge in [0.15, 0.2) is 0 Å². The number of hydrogen-bond acceptors (Lipinski definition) is 3. The number of aryl methyl sites for hydroxylation is 1. The van der Waals surface area contributed by atoms with Crippen molar-refractivity contribution in [3.8, 4) is 5.75 Å². The summed E-state index contributed by atoms with van der Waals surface area (Å²) in [6.45, 7) is 0. The minimum Gasteiger partial charge on any atom is -0.496 e. The number of carboxylic acid groups (broad SMARTS) is 1. The molecule has 0 amide bonds. The first-order valence-corrected chi connectivity index (χ1v) is 4.53. The number of ether oxygens (including phenoxy) is 1. The third kappa shape index (κ3) is 3.09. The molecule has 0 atom stereocenters. The van der Waals surface area contributed by atoms with E-state index in [1.807, 2.05) is 18.2 Å². The zero-order valence-corrected chi connectivity index (χ0v) is 8.40. The highest BCUT2D eigenvalue weighted by molar-refractivity contribution is 6.32. The first-order chi connectivity index (χ1) is 7.15. The van der Waals surface area contributed by atoms with Gasteiger partial charge in [0.05, 0.1) is 7.11 Å². The van der Waals surface area contributed by atoms with Crippen LogP contribution in [0.15, 0.2) is 24.3 Å². The number of rotatable bonds is 5. The van der Waals surface area contributed by atoms with Crippen LogP contribution in [-0.4, -0.2) is 24.0 Å². The summed E-state index contributed by atoms with van der Waals surface area (Å²) >= 11 is 0. The van der Waals surface area contributed by atoms with Gasteiger partial charge in [0.25, 0.3) is 0 Å². The Morgan fingerprint density at radius 3 is 2.60 bits per heavy atom. The van der Waals surface area contributed by atoms with Gasteiger partial charge in [-0.2, -0.15) is 0 Å². The molecule has 0 heterocycles. The summed E-state index contributed by atoms with van der Waals surface area (Å²) in [6.07, 6.45) is 0.380. The Labute approximate surface area is 87.5 Å². The molecule has 0 aliphatic carbocycles. The van der Waals surface area contributed by atoms with Gasteiger partial charge in [-0.25, -0.2) is 4.79 Å². The van der Waals surface area contributed by atoms with Crippen molar-refractivity contribution in [2.45, 2.75) is 12.8 Å². The number of carbonyl (C=O) groups excluding carboxylic acids is 1. The van der Waals surface area contributed by atoms with Gasteiger partial charge in [-0.05, 0) is 18.1 Å². The Bertz CT molecular complexity index is 371. The molecule has 4 heteroatoms. The molecule has 1 N–H and O–H groups in total. The van der Waals surface area contributed by atoms with E-state index >= 15 is 0 Å². The van der Waals surface area contributed by atoms with Gasteiger partial charge in [0.1, 0.15) is 5.75 Å². The topological polar surface area (TPSA) is 63.6 Å². The van der Waals surface area contributed by atoms with Crippen LogP contribution in [0, 0.1) is 0 Å². The largest absolute Gasteiger partial charge is 0.496 e. The van der Waals surface area contributed by atoms with Crippen molar-refractivity contribution < 1.29 is 19.4 Å². The Morgan fingerprint density at radius 1 is 1.33 bits per heavy atom. The van der Waals surface area contributed by atoms with Gasteiger partial charge in [0, 0.05) is 6.42 Å². The number of para-hydroxylation sites is 1. The van der Waals surface area contributed by atoms with E-state index in [0.717, 1.165) is 5.56 Å². The highest BCUT2D eigenvalue weighted by atomic mass is 16.5. The van der Waals surface area contributed by atoms with Gasteiger partial charge >= 0.3 is 5.97 Å². The van der Waals surface area contributed by atoms with E-state index < -0.39 is 11.8 Å². The van der Waals surface area contributed by atoms with Crippen molar-refractivity contribution >= 4 is 11.8 Å². The summed E-state index contributed by atoms with van der Waals surface area (Å²) in [5.74, 6) is -1.48. The van der Waals surface area contributed by atoms with Crippen LogP contribution < -0.4 is 4.74 Å². The average molecular weight is 208 g/mol. The fraction of sp³-hybridized carbons (Fsp3) is 0.273. The zero-order chi connectivity index (χ0) is 11.3. The maximum absolute atomic E-state index is 10.9. The second kappa shape index (κ2) is 5.14. The summed E-state index contributed by atoms with van der Waals surface area (Å²) in [6, 6.07) is 7.24. The molecule has 1 rings (SSSR count). The number of methoxy groups -OCH3 is 1. The van der Waals surface area contributed by atoms with Crippen LogP contribution in [0.3, 0.4) is 0 Å². The van der Waals surface area contributed by atoms with Crippen LogP contribution in [0.2, 0.25) is 0 Å². The molecule has 0 aromatic heterocycles. The molecule has 15 heavy (non-hydrogen) atoms. The number of carboxylic acids is 1. The van der Waals surface area contributed by atoms with E-state index in [4.69, 9.17) is 9.84 Å². The number of ketones is 1. The van der Waals surface area contributed by atoms with Crippen molar-refractivity contribution in [2.24, 2.45) is 0 Å². The summed E-state index contributed by atoms with van der Waals surface area (Å²) in [5.41, 5.74) is 0.842. The van der Waals surface area contributed by atoms with E-state index in [0.29, 0.717) is 12.2 Å². The van der Waals surface area contributed by atoms with Gasteiger partial charge in [-0.15, -0.1) is 0 Å². The average Bonchev–Trinajstić information content (AvgIpc) is 2.26. The number of aliphatic carboxylic acids is 1. The molecule has 80 valence electrons. The monoisotopic (exact) mass is 208 g/mol. The van der Waals surface area contributed by atoms with Gasteiger partial charge in [-0.1, -0.05) is 18.2 Å². The molecule has 1 aromatic rings. The quantitative estimate of drug-likeness (QED) is 0.740. The van der Waals surface area contributed by atoms with E-state index in [1.54, 1.807) is 6.07 Å². The first kappa shape index (κ1) is 11.2. The number of Topliss-reactive ketones (excluding diaryl/α,β-unsaturated/α-hetero) is 1. The van der Waals surface area contributed by atoms with Crippen molar-refractivity contribution in [1.29, 1.82) is 0 Å². The lowest BCUT2D eigenvalue weighted by atomic mass is 10.1. The molecule has 0 saturated heterocycles. The van der Waals surface area contributed by atoms with Crippen molar-refractivity contribution in [3.05, 3.63) is 29.8 Å². The first-order valence-electron chi connectivity index (χ1n) is 4.53. The third-order valence-corrected chi connectivity index (χ3v) is 2.05. The normalized spacial score (nSPS) is 9.67. The molecule has 0 aliphatic heterocycles. The number of benzene rings is 1. The number of carbonyl (C=O) groups is 2. The lowest BCUT2D eigenvalue weighted by Crippen LogP contribution is -2.13. The van der Waals surface area contributed by atoms with Gasteiger partial charge < -0.3 is 9.84 Å². The van der Waals surface area contributed by atoms with Crippen molar-refractivity contribution in [3.63, 3.8) is 0 Å². The van der Waals surface area contributed by atoms with Crippen LogP contribution in [0.25, 0.3) is 0 Å². The molecular weight excluding hydrogens is 196 g/mol.